The maximum Gasteiger partial charge on any atom is 2.00 e. The largest absolute Gasteiger partial charge is 2.00 e. The molecule has 0 saturated carbocycles. The van der Waals surface area contributed by atoms with Gasteiger partial charge in [-0.15, -0.1) is 0 Å². The van der Waals surface area contributed by atoms with E-state index in [-0.39, 0.29) is 38.5 Å². The van der Waals surface area contributed by atoms with Gasteiger partial charge in [0.05, 0.1) is 0 Å². The molecule has 0 radical (unpaired) electrons. The molecular weight excluding hydrogens is 314 g/mol. The van der Waals surface area contributed by atoms with Crippen molar-refractivity contribution in [3.8, 4) is 0 Å². The molecule has 2 heteroatoms. The first-order valence-electron chi connectivity index (χ1n) is 1.89. The fourth-order valence-corrected chi connectivity index (χ4v) is 0.417. The van der Waals surface area contributed by atoms with E-state index in [1.807, 2.05) is 0 Å². The van der Waals surface area contributed by atoms with E-state index in [1.54, 1.807) is 0 Å². The Kier molecular flexibility index (Phi) is 10.9. The summed E-state index contributed by atoms with van der Waals surface area (Å²) in [4.78, 5) is 0. The molecule has 1 rings (SSSR count). The van der Waals surface area contributed by atoms with Crippen LogP contribution in [0.5, 0.6) is 0 Å². The van der Waals surface area contributed by atoms with Crippen LogP contribution in [-0.2, 0) is 4.74 Å². The van der Waals surface area contributed by atoms with Gasteiger partial charge in [0.25, 0.3) is 0 Å². The molecule has 0 unspecified atom stereocenters. The van der Waals surface area contributed by atoms with Crippen LogP contribution >= 0.6 is 0 Å². The Morgan fingerprint density at radius 1 is 1.43 bits per heavy atom. The van der Waals surface area contributed by atoms with Gasteiger partial charge < -0.3 is 18.6 Å². The quantitative estimate of drug-likeness (QED) is 0.606. The molecule has 1 fully saturated rings. The van der Waals surface area contributed by atoms with Crippen LogP contribution in [0.25, 0.3) is 0 Å². The Bertz CT molecular complexity index is 19.7. The third-order valence-corrected chi connectivity index (χ3v) is 0.702. The van der Waals surface area contributed by atoms with Crippen LogP contribution in [0.2, 0.25) is 0 Å². The normalized spacial score (nSPS) is 17.1. The molecule has 1 nitrogen and oxygen atoms in total. The molecule has 0 spiro atoms. The van der Waals surface area contributed by atoms with Crippen molar-refractivity contribution < 1.29 is 35.9 Å². The van der Waals surface area contributed by atoms with Crippen molar-refractivity contribution in [2.24, 2.45) is 0 Å². The summed E-state index contributed by atoms with van der Waals surface area (Å²) in [7, 11) is 0. The van der Waals surface area contributed by atoms with Gasteiger partial charge >= 0.3 is 31.1 Å². The molecule has 0 aromatic rings. The number of hydrogen-bond acceptors (Lipinski definition) is 1. The van der Waals surface area contributed by atoms with Crippen molar-refractivity contribution >= 4 is 0 Å². The zero-order chi connectivity index (χ0) is 3.54. The Balaban J connectivity index is 0. The second-order valence-electron chi connectivity index (χ2n) is 1.15. The number of rotatable bonds is 0. The van der Waals surface area contributed by atoms with E-state index < -0.39 is 0 Å². The Morgan fingerprint density at radius 2 is 2.14 bits per heavy atom. The molecule has 0 atom stereocenters. The van der Waals surface area contributed by atoms with Crippen molar-refractivity contribution in [2.75, 3.05) is 13.2 Å². The first-order chi connectivity index (χ1) is 2.50. The predicted molar refractivity (Wildman–Crippen MR) is 26.1 cm³/mol. The smallest absolute Gasteiger partial charge is 0.416 e. The average Bonchev–Trinajstić information content (AvgIpc) is 1.76. The molecule has 0 aromatic carbocycles. The Labute approximate surface area is 69.2 Å². The standard InChI is InChI=1S/C4H7O.CH3.U/c1-2-4-5-3-1;;/h1H,2-4H2;1H3;/q2*-1;+2. The van der Waals surface area contributed by atoms with E-state index in [9.17, 15) is 0 Å². The van der Waals surface area contributed by atoms with E-state index in [2.05, 4.69) is 6.42 Å². The van der Waals surface area contributed by atoms with E-state index in [4.69, 9.17) is 4.74 Å². The summed E-state index contributed by atoms with van der Waals surface area (Å²) < 4.78 is 4.89. The molecule has 0 bridgehead atoms. The molecule has 1 heterocycles. The van der Waals surface area contributed by atoms with E-state index in [1.165, 1.54) is 0 Å². The SMILES string of the molecule is [CH-]1CCOC1.[CH3-].[U+2]. The summed E-state index contributed by atoms with van der Waals surface area (Å²) in [6.07, 6.45) is 3.29. The maximum absolute atomic E-state index is 4.89. The van der Waals surface area contributed by atoms with Crippen molar-refractivity contribution in [3.05, 3.63) is 13.8 Å². The summed E-state index contributed by atoms with van der Waals surface area (Å²) >= 11 is 0. The molecular formula is C5H10OU. The molecule has 1 saturated heterocycles. The zero-order valence-corrected chi connectivity index (χ0v) is 8.77. The molecule has 0 N–H and O–H groups in total. The minimum atomic E-state index is 0. The first kappa shape index (κ1) is 10.9. The topological polar surface area (TPSA) is 9.23 Å². The third kappa shape index (κ3) is 4.87. The van der Waals surface area contributed by atoms with Gasteiger partial charge in [-0.05, 0) is 0 Å². The minimum Gasteiger partial charge on any atom is -0.416 e. The van der Waals surface area contributed by atoms with Crippen LogP contribution in [0.15, 0.2) is 0 Å². The summed E-state index contributed by atoms with van der Waals surface area (Å²) in [5, 5.41) is 0. The molecule has 7 heavy (non-hydrogen) atoms. The average molecular weight is 324 g/mol. The fraction of sp³-hybridized carbons (Fsp3) is 0.600. The predicted octanol–water partition coefficient (Wildman–Crippen LogP) is 1.06. The molecule has 1 aliphatic heterocycles. The fourth-order valence-electron chi connectivity index (χ4n) is 0.417. The van der Waals surface area contributed by atoms with Crippen molar-refractivity contribution in [1.29, 1.82) is 0 Å². The number of hydrogen-bond donors (Lipinski definition) is 0. The zero-order valence-electron chi connectivity index (χ0n) is 4.61. The third-order valence-electron chi connectivity index (χ3n) is 0.702. The van der Waals surface area contributed by atoms with Crippen LogP contribution in [0, 0.1) is 45.0 Å². The van der Waals surface area contributed by atoms with Gasteiger partial charge in [0.15, 0.2) is 0 Å². The van der Waals surface area contributed by atoms with Crippen LogP contribution in [0.4, 0.5) is 0 Å². The monoisotopic (exact) mass is 324 g/mol. The van der Waals surface area contributed by atoms with Gasteiger partial charge in [0.2, 0.25) is 0 Å². The van der Waals surface area contributed by atoms with Crippen molar-refractivity contribution in [2.45, 2.75) is 6.42 Å². The van der Waals surface area contributed by atoms with E-state index in [0.29, 0.717) is 0 Å². The van der Waals surface area contributed by atoms with Crippen LogP contribution in [0.3, 0.4) is 0 Å². The molecule has 0 aromatic heterocycles. The molecule has 1 aliphatic rings. The summed E-state index contributed by atoms with van der Waals surface area (Å²) in [6.45, 7) is 1.82. The first-order valence-corrected chi connectivity index (χ1v) is 1.89. The maximum atomic E-state index is 4.89. The summed E-state index contributed by atoms with van der Waals surface area (Å²) in [5.41, 5.74) is 0. The van der Waals surface area contributed by atoms with Gasteiger partial charge in [0.1, 0.15) is 0 Å². The van der Waals surface area contributed by atoms with Crippen LogP contribution in [0.1, 0.15) is 6.42 Å². The Hall–Kier alpha value is 1.01. The Morgan fingerprint density at radius 3 is 2.29 bits per heavy atom. The molecule has 0 amide bonds. The summed E-state index contributed by atoms with van der Waals surface area (Å²) in [5.74, 6) is 0. The number of ether oxygens (including phenoxy) is 1. The van der Waals surface area contributed by atoms with Gasteiger partial charge in [-0.3, -0.25) is 0 Å². The van der Waals surface area contributed by atoms with Crippen LogP contribution in [-0.4, -0.2) is 13.2 Å². The second-order valence-corrected chi connectivity index (χ2v) is 1.15. The van der Waals surface area contributed by atoms with Crippen LogP contribution < -0.4 is 0 Å². The minimum absolute atomic E-state index is 0. The van der Waals surface area contributed by atoms with Gasteiger partial charge in [-0.1, -0.05) is 6.61 Å². The van der Waals surface area contributed by atoms with Gasteiger partial charge in [-0.2, -0.15) is 6.42 Å². The second kappa shape index (κ2) is 7.01. The molecule has 0 aliphatic carbocycles. The summed E-state index contributed by atoms with van der Waals surface area (Å²) in [6, 6.07) is 0. The van der Waals surface area contributed by atoms with Crippen molar-refractivity contribution in [1.82, 2.24) is 0 Å². The van der Waals surface area contributed by atoms with Gasteiger partial charge in [-0.25, -0.2) is 0 Å². The van der Waals surface area contributed by atoms with Gasteiger partial charge in [0, 0.05) is 6.61 Å². The van der Waals surface area contributed by atoms with Crippen molar-refractivity contribution in [3.63, 3.8) is 0 Å². The van der Waals surface area contributed by atoms with E-state index in [0.717, 1.165) is 19.6 Å². The molecule has 40 valence electrons. The van der Waals surface area contributed by atoms with E-state index >= 15 is 0 Å².